The van der Waals surface area contributed by atoms with Gasteiger partial charge in [-0.3, -0.25) is 0 Å². The van der Waals surface area contributed by atoms with Gasteiger partial charge in [0, 0.05) is 13.2 Å². The van der Waals surface area contributed by atoms with Gasteiger partial charge in [0.05, 0.1) is 0 Å². The molecular weight excluding hydrogens is 234 g/mol. The highest BCUT2D eigenvalue weighted by Gasteiger charge is 2.11. The molecule has 1 unspecified atom stereocenters. The van der Waals surface area contributed by atoms with Gasteiger partial charge >= 0.3 is 0 Å². The lowest BCUT2D eigenvalue weighted by atomic mass is 9.94. The van der Waals surface area contributed by atoms with Crippen LogP contribution in [0.25, 0.3) is 0 Å². The van der Waals surface area contributed by atoms with Crippen LogP contribution in [-0.2, 0) is 4.74 Å². The van der Waals surface area contributed by atoms with Crippen molar-refractivity contribution in [2.24, 2.45) is 23.7 Å². The Balaban J connectivity index is 3.73. The Labute approximate surface area is 121 Å². The molecule has 0 amide bonds. The maximum absolute atomic E-state index is 5.76. The predicted molar refractivity (Wildman–Crippen MR) is 85.5 cm³/mol. The maximum Gasteiger partial charge on any atom is 0.0469 e. The molecule has 0 saturated heterocycles. The Morgan fingerprint density at radius 3 is 1.89 bits per heavy atom. The largest absolute Gasteiger partial charge is 0.381 e. The minimum Gasteiger partial charge on any atom is -0.381 e. The van der Waals surface area contributed by atoms with Crippen molar-refractivity contribution in [2.45, 2.75) is 60.8 Å². The average Bonchev–Trinajstić information content (AvgIpc) is 2.26. The summed E-state index contributed by atoms with van der Waals surface area (Å²) >= 11 is 0. The quantitative estimate of drug-likeness (QED) is 0.533. The van der Waals surface area contributed by atoms with Crippen molar-refractivity contribution in [3.05, 3.63) is 0 Å². The van der Waals surface area contributed by atoms with E-state index in [-0.39, 0.29) is 0 Å². The summed E-state index contributed by atoms with van der Waals surface area (Å²) in [6.45, 7) is 17.8. The Kier molecular flexibility index (Phi) is 11.7. The summed E-state index contributed by atoms with van der Waals surface area (Å²) in [4.78, 5) is 0. The van der Waals surface area contributed by atoms with Crippen LogP contribution in [0.1, 0.15) is 60.8 Å². The summed E-state index contributed by atoms with van der Waals surface area (Å²) in [7, 11) is 0. The third kappa shape index (κ3) is 14.1. The summed E-state index contributed by atoms with van der Waals surface area (Å²) in [5, 5.41) is 3.59. The Bertz CT molecular complexity index is 190. The zero-order valence-electron chi connectivity index (χ0n) is 14.2. The standard InChI is InChI=1S/C17H37NO/c1-14(2)7-9-19-10-8-17(11-15(3)4)13-18-12-16(5)6/h14-18H,7-13H2,1-6H3. The van der Waals surface area contributed by atoms with Gasteiger partial charge in [0.15, 0.2) is 0 Å². The van der Waals surface area contributed by atoms with Crippen molar-refractivity contribution < 1.29 is 4.74 Å². The molecule has 0 aliphatic carbocycles. The molecule has 0 saturated carbocycles. The topological polar surface area (TPSA) is 21.3 Å². The second-order valence-corrected chi connectivity index (χ2v) is 7.13. The van der Waals surface area contributed by atoms with E-state index in [9.17, 15) is 0 Å². The van der Waals surface area contributed by atoms with Crippen LogP contribution >= 0.6 is 0 Å². The monoisotopic (exact) mass is 271 g/mol. The van der Waals surface area contributed by atoms with Crippen molar-refractivity contribution >= 4 is 0 Å². The third-order valence-electron chi connectivity index (χ3n) is 3.30. The van der Waals surface area contributed by atoms with Crippen LogP contribution in [0.5, 0.6) is 0 Å². The molecule has 0 radical (unpaired) electrons. The summed E-state index contributed by atoms with van der Waals surface area (Å²) in [6, 6.07) is 0. The van der Waals surface area contributed by atoms with Gasteiger partial charge in [0.1, 0.15) is 0 Å². The molecule has 0 rings (SSSR count). The van der Waals surface area contributed by atoms with Crippen LogP contribution in [0.15, 0.2) is 0 Å². The predicted octanol–water partition coefficient (Wildman–Crippen LogP) is 4.35. The van der Waals surface area contributed by atoms with Gasteiger partial charge in [-0.15, -0.1) is 0 Å². The van der Waals surface area contributed by atoms with Crippen molar-refractivity contribution in [3.63, 3.8) is 0 Å². The first-order chi connectivity index (χ1) is 8.91. The second kappa shape index (κ2) is 11.7. The SMILES string of the molecule is CC(C)CCOCCC(CNCC(C)C)CC(C)C. The smallest absolute Gasteiger partial charge is 0.0469 e. The van der Waals surface area contributed by atoms with Gasteiger partial charge in [-0.2, -0.15) is 0 Å². The highest BCUT2D eigenvalue weighted by atomic mass is 16.5. The minimum atomic E-state index is 0.738. The van der Waals surface area contributed by atoms with Crippen molar-refractivity contribution in [2.75, 3.05) is 26.3 Å². The second-order valence-electron chi connectivity index (χ2n) is 7.13. The Morgan fingerprint density at radius 1 is 0.737 bits per heavy atom. The highest BCUT2D eigenvalue weighted by molar-refractivity contribution is 4.65. The lowest BCUT2D eigenvalue weighted by molar-refractivity contribution is 0.107. The van der Waals surface area contributed by atoms with Gasteiger partial charge in [-0.05, 0) is 56.0 Å². The normalized spacial score (nSPS) is 13.7. The van der Waals surface area contributed by atoms with E-state index in [1.807, 2.05) is 0 Å². The lowest BCUT2D eigenvalue weighted by Gasteiger charge is -2.20. The van der Waals surface area contributed by atoms with E-state index in [0.717, 1.165) is 50.0 Å². The molecule has 0 aromatic heterocycles. The van der Waals surface area contributed by atoms with E-state index in [1.54, 1.807) is 0 Å². The van der Waals surface area contributed by atoms with E-state index in [4.69, 9.17) is 4.74 Å². The van der Waals surface area contributed by atoms with Gasteiger partial charge in [-0.1, -0.05) is 41.5 Å². The number of rotatable bonds is 12. The fraction of sp³-hybridized carbons (Fsp3) is 1.00. The number of nitrogens with one attached hydrogen (secondary N) is 1. The molecule has 0 aliphatic rings. The van der Waals surface area contributed by atoms with Gasteiger partial charge in [0.25, 0.3) is 0 Å². The molecule has 116 valence electrons. The zero-order chi connectivity index (χ0) is 14.7. The van der Waals surface area contributed by atoms with Crippen LogP contribution in [0, 0.1) is 23.7 Å². The molecule has 0 aliphatic heterocycles. The molecule has 1 N–H and O–H groups in total. The molecule has 0 spiro atoms. The lowest BCUT2D eigenvalue weighted by Crippen LogP contribution is -2.28. The number of hydrogen-bond donors (Lipinski definition) is 1. The number of hydrogen-bond acceptors (Lipinski definition) is 2. The summed E-state index contributed by atoms with van der Waals surface area (Å²) in [5.41, 5.74) is 0. The van der Waals surface area contributed by atoms with Crippen LogP contribution < -0.4 is 5.32 Å². The fourth-order valence-electron chi connectivity index (χ4n) is 2.22. The van der Waals surface area contributed by atoms with Crippen molar-refractivity contribution in [3.8, 4) is 0 Å². The Hall–Kier alpha value is -0.0800. The molecule has 0 aromatic carbocycles. The van der Waals surface area contributed by atoms with E-state index in [1.165, 1.54) is 19.3 Å². The first kappa shape index (κ1) is 18.9. The molecule has 2 heteroatoms. The number of ether oxygens (including phenoxy) is 1. The Morgan fingerprint density at radius 2 is 1.37 bits per heavy atom. The van der Waals surface area contributed by atoms with Crippen molar-refractivity contribution in [1.82, 2.24) is 5.32 Å². The van der Waals surface area contributed by atoms with Gasteiger partial charge < -0.3 is 10.1 Å². The summed E-state index contributed by atoms with van der Waals surface area (Å²) in [5.74, 6) is 3.03. The van der Waals surface area contributed by atoms with E-state index < -0.39 is 0 Å². The first-order valence-corrected chi connectivity index (χ1v) is 8.20. The molecule has 0 heterocycles. The zero-order valence-corrected chi connectivity index (χ0v) is 14.2. The molecule has 0 fully saturated rings. The first-order valence-electron chi connectivity index (χ1n) is 8.20. The van der Waals surface area contributed by atoms with Crippen molar-refractivity contribution in [1.29, 1.82) is 0 Å². The molecular formula is C17H37NO. The summed E-state index contributed by atoms with van der Waals surface area (Å²) < 4.78 is 5.76. The molecule has 19 heavy (non-hydrogen) atoms. The van der Waals surface area contributed by atoms with E-state index in [0.29, 0.717) is 0 Å². The molecule has 0 bridgehead atoms. The highest BCUT2D eigenvalue weighted by Crippen LogP contribution is 2.15. The van der Waals surface area contributed by atoms with Crippen LogP contribution in [0.3, 0.4) is 0 Å². The van der Waals surface area contributed by atoms with Crippen LogP contribution in [0.4, 0.5) is 0 Å². The van der Waals surface area contributed by atoms with E-state index in [2.05, 4.69) is 46.9 Å². The molecule has 2 nitrogen and oxygen atoms in total. The van der Waals surface area contributed by atoms with Gasteiger partial charge in [-0.25, -0.2) is 0 Å². The van der Waals surface area contributed by atoms with E-state index >= 15 is 0 Å². The third-order valence-corrected chi connectivity index (χ3v) is 3.30. The van der Waals surface area contributed by atoms with Crippen LogP contribution in [-0.4, -0.2) is 26.3 Å². The summed E-state index contributed by atoms with van der Waals surface area (Å²) in [6.07, 6.45) is 3.68. The fourth-order valence-corrected chi connectivity index (χ4v) is 2.22. The molecule has 0 aromatic rings. The van der Waals surface area contributed by atoms with Gasteiger partial charge in [0.2, 0.25) is 0 Å². The minimum absolute atomic E-state index is 0.738. The average molecular weight is 271 g/mol. The molecule has 1 atom stereocenters. The maximum atomic E-state index is 5.76. The van der Waals surface area contributed by atoms with Crippen LogP contribution in [0.2, 0.25) is 0 Å².